The molecule has 0 aliphatic carbocycles. The molecule has 7 rings (SSSR count). The van der Waals surface area contributed by atoms with E-state index in [0.29, 0.717) is 5.62 Å². The Morgan fingerprint density at radius 2 is 0.875 bits per heavy atom. The maximum absolute atomic E-state index is 6.40. The van der Waals surface area contributed by atoms with Crippen LogP contribution in [0.2, 0.25) is 0 Å². The van der Waals surface area contributed by atoms with Crippen LogP contribution in [0.3, 0.4) is 0 Å². The van der Waals surface area contributed by atoms with E-state index in [1.165, 1.54) is 22.3 Å². The van der Waals surface area contributed by atoms with Gasteiger partial charge in [0.2, 0.25) is 5.62 Å². The molecule has 244 valence electrons. The van der Waals surface area contributed by atoms with Crippen molar-refractivity contribution >= 4 is 22.7 Å². The topological polar surface area (TPSA) is 60.5 Å². The molecule has 0 saturated heterocycles. The number of ether oxygens (including phenoxy) is 1. The monoisotopic (exact) mass is 636 g/mol. The molecule has 6 aromatic rings. The zero-order valence-electron chi connectivity index (χ0n) is 29.1. The van der Waals surface area contributed by atoms with Gasteiger partial charge in [0.05, 0.1) is 11.4 Å². The fourth-order valence-corrected chi connectivity index (χ4v) is 6.85. The fraction of sp³-hybridized carbons (Fsp3) is 0.293. The first-order chi connectivity index (χ1) is 23.2. The van der Waals surface area contributed by atoms with E-state index in [1.807, 2.05) is 41.4 Å². The van der Waals surface area contributed by atoms with Gasteiger partial charge in [0, 0.05) is 12.4 Å². The highest BCUT2D eigenvalue weighted by Gasteiger charge is 2.29. The van der Waals surface area contributed by atoms with Crippen molar-refractivity contribution in [2.45, 2.75) is 79.1 Å². The van der Waals surface area contributed by atoms with Gasteiger partial charge in [-0.1, -0.05) is 116 Å². The summed E-state index contributed by atoms with van der Waals surface area (Å²) in [5.41, 5.74) is 11.1. The lowest BCUT2D eigenvalue weighted by atomic mass is 9.92. The van der Waals surface area contributed by atoms with E-state index in [2.05, 4.69) is 113 Å². The molecule has 2 aromatic heterocycles. The zero-order chi connectivity index (χ0) is 33.7. The van der Waals surface area contributed by atoms with Crippen molar-refractivity contribution in [3.05, 3.63) is 125 Å². The molecule has 1 aliphatic rings. The minimum absolute atomic E-state index is 0.258. The molecule has 1 aliphatic heterocycles. The Hall–Kier alpha value is -5.17. The third kappa shape index (κ3) is 5.18. The summed E-state index contributed by atoms with van der Waals surface area (Å²) < 4.78 is 10.9. The Morgan fingerprint density at radius 3 is 1.25 bits per heavy atom. The summed E-state index contributed by atoms with van der Waals surface area (Å²) in [6.07, 6.45) is 3.58. The number of benzene rings is 4. The fourth-order valence-electron chi connectivity index (χ4n) is 6.85. The van der Waals surface area contributed by atoms with Crippen molar-refractivity contribution in [2.75, 3.05) is 5.01 Å². The van der Waals surface area contributed by atoms with Crippen molar-refractivity contribution in [1.29, 1.82) is 0 Å². The minimum Gasteiger partial charge on any atom is -0.453 e. The number of nitrogens with zero attached hydrogens (tertiary/aromatic N) is 6. The van der Waals surface area contributed by atoms with Crippen LogP contribution >= 0.6 is 0 Å². The summed E-state index contributed by atoms with van der Waals surface area (Å²) >= 11 is 0. The summed E-state index contributed by atoms with van der Waals surface area (Å²) in [6.45, 7) is 18.0. The minimum atomic E-state index is 0.258. The van der Waals surface area contributed by atoms with Crippen LogP contribution in [-0.2, 0) is 0 Å². The molecule has 0 radical (unpaired) electrons. The van der Waals surface area contributed by atoms with Crippen molar-refractivity contribution < 1.29 is 4.74 Å². The van der Waals surface area contributed by atoms with Gasteiger partial charge in [0.1, 0.15) is 11.4 Å². The van der Waals surface area contributed by atoms with Crippen LogP contribution < -0.4 is 15.4 Å². The number of aromatic nitrogens is 4. The second kappa shape index (κ2) is 12.5. The first kappa shape index (κ1) is 31.4. The van der Waals surface area contributed by atoms with Crippen LogP contribution in [0.1, 0.15) is 101 Å². The summed E-state index contributed by atoms with van der Waals surface area (Å²) in [5.74, 6) is 2.53. The lowest BCUT2D eigenvalue weighted by molar-refractivity contribution is 0.473. The van der Waals surface area contributed by atoms with Crippen molar-refractivity contribution in [1.82, 2.24) is 19.1 Å². The van der Waals surface area contributed by atoms with Crippen molar-refractivity contribution in [2.24, 2.45) is 5.10 Å². The Labute approximate surface area is 283 Å². The van der Waals surface area contributed by atoms with Crippen molar-refractivity contribution in [3.8, 4) is 22.9 Å². The molecule has 3 heterocycles. The van der Waals surface area contributed by atoms with E-state index in [4.69, 9.17) is 19.8 Å². The zero-order valence-corrected chi connectivity index (χ0v) is 29.1. The van der Waals surface area contributed by atoms with E-state index < -0.39 is 0 Å². The molecule has 7 nitrogen and oxygen atoms in total. The molecule has 7 heteroatoms. The predicted octanol–water partition coefficient (Wildman–Crippen LogP) is 10.5. The number of anilines is 2. The summed E-state index contributed by atoms with van der Waals surface area (Å²) in [5, 5.41) is 7.71. The Kier molecular flexibility index (Phi) is 8.15. The van der Waals surface area contributed by atoms with Crippen LogP contribution in [0.5, 0.6) is 11.5 Å². The number of imidazole rings is 1. The van der Waals surface area contributed by atoms with Crippen LogP contribution in [0.15, 0.2) is 102 Å². The number of rotatable bonds is 7. The van der Waals surface area contributed by atoms with Gasteiger partial charge in [0.25, 0.3) is 0 Å². The lowest BCUT2D eigenvalue weighted by Crippen LogP contribution is -2.31. The predicted molar refractivity (Wildman–Crippen MR) is 195 cm³/mol. The third-order valence-corrected chi connectivity index (χ3v) is 9.21. The van der Waals surface area contributed by atoms with Gasteiger partial charge in [-0.05, 0) is 70.2 Å². The molecule has 0 spiro atoms. The average molecular weight is 637 g/mol. The van der Waals surface area contributed by atoms with Gasteiger partial charge in [-0.15, -0.1) is 5.10 Å². The Balaban J connectivity index is 1.74. The van der Waals surface area contributed by atoms with E-state index in [0.717, 1.165) is 45.5 Å². The number of hydrogen-bond donors (Lipinski definition) is 0. The van der Waals surface area contributed by atoms with E-state index in [9.17, 15) is 0 Å². The van der Waals surface area contributed by atoms with Gasteiger partial charge in [-0.3, -0.25) is 9.13 Å². The number of fused-ring (bicyclic) bond motifs is 3. The number of hydrogen-bond acceptors (Lipinski definition) is 5. The summed E-state index contributed by atoms with van der Waals surface area (Å²) in [4.78, 5) is 10.1. The van der Waals surface area contributed by atoms with E-state index in [1.54, 1.807) is 12.4 Å². The maximum atomic E-state index is 6.40. The summed E-state index contributed by atoms with van der Waals surface area (Å²) in [7, 11) is 0. The smallest absolute Gasteiger partial charge is 0.240 e. The lowest BCUT2D eigenvalue weighted by Gasteiger charge is -2.29. The van der Waals surface area contributed by atoms with E-state index >= 15 is 0 Å². The standard InChI is InChI=1S/C41H44N6O/c1-25(2)29-15-13-16-30(26(3)4)37(29)45-39-40(43-24-23-42-39)46(38-31(27(5)6)17-14-18-32(38)28(7)8)41(45)44-47-33-19-9-11-21-35(33)48-36-22-12-10-20-34(36)47/h9-28H,1-8H3. The SMILES string of the molecule is CC(C)c1cccc(C(C)C)c1-n1c(=NN2c3ccccc3Oc3ccccc32)n(-c2c(C(C)C)cccc2C(C)C)c2nccnc21. The molecule has 0 N–H and O–H groups in total. The van der Waals surface area contributed by atoms with Gasteiger partial charge in [0.15, 0.2) is 22.8 Å². The van der Waals surface area contributed by atoms with Gasteiger partial charge in [-0.25, -0.2) is 15.0 Å². The highest BCUT2D eigenvalue weighted by atomic mass is 16.5. The Morgan fingerprint density at radius 1 is 0.500 bits per heavy atom. The van der Waals surface area contributed by atoms with Crippen LogP contribution in [0.4, 0.5) is 11.4 Å². The van der Waals surface area contributed by atoms with Crippen molar-refractivity contribution in [3.63, 3.8) is 0 Å². The summed E-state index contributed by atoms with van der Waals surface area (Å²) in [6, 6.07) is 29.5. The van der Waals surface area contributed by atoms with Crippen LogP contribution in [0, 0.1) is 0 Å². The van der Waals surface area contributed by atoms with Gasteiger partial charge < -0.3 is 4.74 Å². The molecule has 0 bridgehead atoms. The molecule has 0 saturated carbocycles. The normalized spacial score (nSPS) is 12.6. The molecule has 0 fully saturated rings. The van der Waals surface area contributed by atoms with Gasteiger partial charge >= 0.3 is 0 Å². The third-order valence-electron chi connectivity index (χ3n) is 9.21. The Bertz CT molecular complexity index is 2000. The molecule has 48 heavy (non-hydrogen) atoms. The van der Waals surface area contributed by atoms with Crippen LogP contribution in [0.25, 0.3) is 22.7 Å². The van der Waals surface area contributed by atoms with Gasteiger partial charge in [-0.2, -0.15) is 0 Å². The second-order valence-corrected chi connectivity index (χ2v) is 13.8. The quantitative estimate of drug-likeness (QED) is 0.175. The molecular weight excluding hydrogens is 592 g/mol. The van der Waals surface area contributed by atoms with Crippen LogP contribution in [-0.4, -0.2) is 19.1 Å². The second-order valence-electron chi connectivity index (χ2n) is 13.8. The highest BCUT2D eigenvalue weighted by molar-refractivity contribution is 5.78. The first-order valence-electron chi connectivity index (χ1n) is 17.1. The average Bonchev–Trinajstić information content (AvgIpc) is 3.40. The molecule has 4 aromatic carbocycles. The highest BCUT2D eigenvalue weighted by Crippen LogP contribution is 2.46. The molecule has 0 atom stereocenters. The number of para-hydroxylation sites is 6. The first-order valence-corrected chi connectivity index (χ1v) is 17.1. The molecule has 0 unspecified atom stereocenters. The molecular formula is C41H44N6O. The molecule has 0 amide bonds. The van der Waals surface area contributed by atoms with E-state index in [-0.39, 0.29) is 23.7 Å². The largest absolute Gasteiger partial charge is 0.453 e. The maximum Gasteiger partial charge on any atom is 0.240 e.